The third-order valence-corrected chi connectivity index (χ3v) is 6.71. The van der Waals surface area contributed by atoms with Crippen molar-refractivity contribution >= 4 is 43.0 Å². The molecule has 21 heteroatoms. The molecule has 0 saturated carbocycles. The van der Waals surface area contributed by atoms with Gasteiger partial charge in [-0.15, -0.1) is 0 Å². The van der Waals surface area contributed by atoms with Crippen LogP contribution in [0.2, 0.25) is 0 Å². The molecule has 0 atom stereocenters. The second-order valence-electron chi connectivity index (χ2n) is 3.86. The Morgan fingerprint density at radius 3 is 0.250 bits per heavy atom. The molecule has 0 spiro atoms. The molecule has 15 nitrogen and oxygen atoms in total. The van der Waals surface area contributed by atoms with Crippen molar-refractivity contribution in [2.24, 2.45) is 0 Å². The summed E-state index contributed by atoms with van der Waals surface area (Å²) < 4.78 is 70.0. The van der Waals surface area contributed by atoms with Crippen LogP contribution in [0.4, 0.5) is 0 Å². The van der Waals surface area contributed by atoms with Crippen molar-refractivity contribution in [1.29, 1.82) is 0 Å². The summed E-state index contributed by atoms with van der Waals surface area (Å²) in [6.45, 7) is 0. The fraction of sp³-hybridized carbons (Fsp3) is 1.00. The number of hydrogen-bond donors (Lipinski definition) is 0. The maximum absolute atomic E-state index is 4.67. The molecule has 0 aliphatic carbocycles. The first kappa shape index (κ1) is 51.0. The van der Waals surface area contributed by atoms with Crippen LogP contribution in [0.3, 0.4) is 0 Å². The second-order valence-corrected chi connectivity index (χ2v) is 11.6. The van der Waals surface area contributed by atoms with Crippen LogP contribution >= 0.6 is 43.0 Å². The van der Waals surface area contributed by atoms with E-state index in [1.165, 1.54) is 0 Å². The molecule has 0 rings (SSSR count). The van der Waals surface area contributed by atoms with Crippen LogP contribution in [0.15, 0.2) is 0 Å². The van der Waals surface area contributed by atoms with E-state index in [-0.39, 0.29) is 19.5 Å². The fourth-order valence-corrected chi connectivity index (χ4v) is 3.35. The van der Waals surface area contributed by atoms with Crippen molar-refractivity contribution in [2.75, 3.05) is 107 Å². The van der Waals surface area contributed by atoms with Gasteiger partial charge in [0.2, 0.25) is 0 Å². The van der Waals surface area contributed by atoms with E-state index < -0.39 is 43.0 Å². The van der Waals surface area contributed by atoms with Crippen LogP contribution in [-0.4, -0.2) is 107 Å². The minimum atomic E-state index is -1.05. The van der Waals surface area contributed by atoms with Gasteiger partial charge in [-0.1, -0.05) is 0 Å². The smallest absolute Gasteiger partial charge is 0.316 e. The minimum absolute atomic E-state index is 0. The largest absolute Gasteiger partial charge is 0.331 e. The summed E-state index contributed by atoms with van der Waals surface area (Å²) in [6, 6.07) is 0. The summed E-state index contributed by atoms with van der Waals surface area (Å²) in [6.07, 6.45) is 0. The van der Waals surface area contributed by atoms with Gasteiger partial charge in [-0.25, -0.2) is 0 Å². The van der Waals surface area contributed by atoms with E-state index in [1.807, 2.05) is 0 Å². The summed E-state index contributed by atoms with van der Waals surface area (Å²) >= 11 is 0. The summed E-state index contributed by atoms with van der Waals surface area (Å²) in [5.74, 6) is 0. The summed E-state index contributed by atoms with van der Waals surface area (Å²) in [7, 11) is 17.8. The Labute approximate surface area is 236 Å². The molecule has 0 aromatic carbocycles. The summed E-state index contributed by atoms with van der Waals surface area (Å²) in [5, 5.41) is 0. The molecule has 36 heavy (non-hydrogen) atoms. The van der Waals surface area contributed by atoms with Gasteiger partial charge in [0.25, 0.3) is 0 Å². The molecule has 229 valence electrons. The SMILES string of the molecule is COP(OC)OC.COP(OC)OC.COP(OC)OC.COP(OC)OC.COP(OC)OC.[Rh]. The predicted octanol–water partition coefficient (Wildman–Crippen LogP) is 5.76. The van der Waals surface area contributed by atoms with Crippen LogP contribution in [0.5, 0.6) is 0 Å². The average Bonchev–Trinajstić information content (AvgIpc) is 2.91. The van der Waals surface area contributed by atoms with Crippen LogP contribution in [0.1, 0.15) is 0 Å². The van der Waals surface area contributed by atoms with Crippen molar-refractivity contribution in [3.8, 4) is 0 Å². The Morgan fingerprint density at radius 1 is 0.194 bits per heavy atom. The zero-order valence-corrected chi connectivity index (χ0v) is 29.8. The van der Waals surface area contributed by atoms with Crippen molar-refractivity contribution in [3.63, 3.8) is 0 Å². The van der Waals surface area contributed by atoms with Crippen LogP contribution in [0, 0.1) is 0 Å². The van der Waals surface area contributed by atoms with E-state index in [4.69, 9.17) is 0 Å². The van der Waals surface area contributed by atoms with E-state index in [0.717, 1.165) is 0 Å². The van der Waals surface area contributed by atoms with Crippen molar-refractivity contribution in [3.05, 3.63) is 0 Å². The van der Waals surface area contributed by atoms with Gasteiger partial charge in [-0.05, 0) is 0 Å². The fourth-order valence-electron chi connectivity index (χ4n) is 1.12. The van der Waals surface area contributed by atoms with Crippen molar-refractivity contribution in [1.82, 2.24) is 0 Å². The predicted molar refractivity (Wildman–Crippen MR) is 140 cm³/mol. The van der Waals surface area contributed by atoms with Gasteiger partial charge < -0.3 is 67.9 Å². The van der Waals surface area contributed by atoms with Crippen LogP contribution < -0.4 is 0 Å². The van der Waals surface area contributed by atoms with Gasteiger partial charge in [-0.3, -0.25) is 0 Å². The standard InChI is InChI=1S/5C3H9O3P.Rh/c5*1-4-7(5-2)6-3;/h5*1-3H3;. The van der Waals surface area contributed by atoms with Gasteiger partial charge >= 0.3 is 43.0 Å². The Kier molecular flexibility index (Phi) is 66.5. The Balaban J connectivity index is -0.0000000776. The van der Waals surface area contributed by atoms with E-state index in [0.29, 0.717) is 0 Å². The third kappa shape index (κ3) is 43.2. The van der Waals surface area contributed by atoms with Gasteiger partial charge in [0.1, 0.15) is 0 Å². The zero-order chi connectivity index (χ0) is 28.5. The van der Waals surface area contributed by atoms with E-state index >= 15 is 0 Å². The molecule has 0 heterocycles. The Hall–Kier alpha value is 2.17. The van der Waals surface area contributed by atoms with Crippen molar-refractivity contribution in [2.45, 2.75) is 0 Å². The molecule has 0 bridgehead atoms. The van der Waals surface area contributed by atoms with E-state index in [9.17, 15) is 0 Å². The summed E-state index contributed by atoms with van der Waals surface area (Å²) in [5.41, 5.74) is 0. The van der Waals surface area contributed by atoms with Crippen molar-refractivity contribution < 1.29 is 87.3 Å². The van der Waals surface area contributed by atoms with Crippen LogP contribution in [-0.2, 0) is 87.3 Å². The molecular weight excluding hydrogens is 678 g/mol. The molecule has 0 saturated heterocycles. The second kappa shape index (κ2) is 47.0. The van der Waals surface area contributed by atoms with Gasteiger partial charge in [-0.2, -0.15) is 0 Å². The normalized spacial score (nSPS) is 10.0. The molecule has 0 unspecified atom stereocenters. The molecule has 0 aliphatic heterocycles. The molecule has 0 aliphatic rings. The van der Waals surface area contributed by atoms with Crippen LogP contribution in [0.25, 0.3) is 0 Å². The molecule has 0 aromatic heterocycles. The first-order valence-corrected chi connectivity index (χ1v) is 14.3. The molecule has 0 amide bonds. The van der Waals surface area contributed by atoms with Gasteiger partial charge in [0, 0.05) is 126 Å². The average molecular weight is 723 g/mol. The first-order valence-electron chi connectivity index (χ1n) is 8.86. The minimum Gasteiger partial charge on any atom is -0.316 e. The quantitative estimate of drug-likeness (QED) is 0.149. The molecular formula is C15H45O15P5Rh. The molecule has 0 N–H and O–H groups in total. The summed E-state index contributed by atoms with van der Waals surface area (Å²) in [4.78, 5) is 0. The van der Waals surface area contributed by atoms with Gasteiger partial charge in [0.15, 0.2) is 0 Å². The Morgan fingerprint density at radius 2 is 0.250 bits per heavy atom. The molecule has 0 fully saturated rings. The zero-order valence-electron chi connectivity index (χ0n) is 23.7. The van der Waals surface area contributed by atoms with E-state index in [2.05, 4.69) is 67.9 Å². The molecule has 1 radical (unpaired) electrons. The maximum atomic E-state index is 4.67. The first-order chi connectivity index (χ1) is 16.7. The monoisotopic (exact) mass is 723 g/mol. The topological polar surface area (TPSA) is 138 Å². The third-order valence-electron chi connectivity index (χ3n) is 2.24. The number of rotatable bonds is 15. The number of hydrogen-bond acceptors (Lipinski definition) is 15. The van der Waals surface area contributed by atoms with E-state index in [1.54, 1.807) is 107 Å². The molecule has 0 aromatic rings. The Bertz CT molecular complexity index is 235. The maximum Gasteiger partial charge on any atom is 0.331 e. The van der Waals surface area contributed by atoms with Gasteiger partial charge in [0.05, 0.1) is 0 Å².